The van der Waals surface area contributed by atoms with Gasteiger partial charge in [0.1, 0.15) is 11.5 Å². The van der Waals surface area contributed by atoms with Crippen molar-refractivity contribution in [3.05, 3.63) is 85.4 Å². The minimum Gasteiger partial charge on any atom is -0.494 e. The summed E-state index contributed by atoms with van der Waals surface area (Å²) in [6, 6.07) is 11.0. The van der Waals surface area contributed by atoms with Crippen LogP contribution >= 0.6 is 23.2 Å². The predicted molar refractivity (Wildman–Crippen MR) is 120 cm³/mol. The summed E-state index contributed by atoms with van der Waals surface area (Å²) in [5, 5.41) is 4.63. The van der Waals surface area contributed by atoms with Crippen LogP contribution < -0.4 is 15.1 Å². The van der Waals surface area contributed by atoms with Gasteiger partial charge in [0.25, 0.3) is 5.91 Å². The summed E-state index contributed by atoms with van der Waals surface area (Å²) in [6.45, 7) is 4.06. The number of aryl methyl sites for hydroxylation is 1. The smallest absolute Gasteiger partial charge is 0.296 e. The monoisotopic (exact) mass is 470 g/mol. The SMILES string of the molecule is CCOc1cccc(C2c3c(oc4c(Cl)cc(Cl)cc4c3=O)C(=O)N2c2cc(C)on2)c1. The Labute approximate surface area is 192 Å². The Kier molecular flexibility index (Phi) is 4.95. The number of rotatable bonds is 4. The van der Waals surface area contributed by atoms with E-state index < -0.39 is 17.4 Å². The summed E-state index contributed by atoms with van der Waals surface area (Å²) in [6.07, 6.45) is 0. The second-order valence-corrected chi connectivity index (χ2v) is 8.16. The first-order valence-corrected chi connectivity index (χ1v) is 10.6. The first-order valence-electron chi connectivity index (χ1n) is 9.84. The highest BCUT2D eigenvalue weighted by atomic mass is 35.5. The lowest BCUT2D eigenvalue weighted by Gasteiger charge is -2.22. The molecule has 2 aromatic carbocycles. The highest BCUT2D eigenvalue weighted by molar-refractivity contribution is 6.38. The first kappa shape index (κ1) is 20.6. The van der Waals surface area contributed by atoms with Gasteiger partial charge in [0, 0.05) is 11.1 Å². The third-order valence-electron chi connectivity index (χ3n) is 5.24. The number of amides is 1. The van der Waals surface area contributed by atoms with Crippen LogP contribution in [-0.2, 0) is 0 Å². The van der Waals surface area contributed by atoms with Crippen LogP contribution in [0.2, 0.25) is 10.0 Å². The molecule has 3 heterocycles. The maximum atomic E-state index is 13.6. The van der Waals surface area contributed by atoms with Crippen LogP contribution in [0.25, 0.3) is 11.0 Å². The van der Waals surface area contributed by atoms with Crippen molar-refractivity contribution in [3.8, 4) is 5.75 Å². The van der Waals surface area contributed by atoms with Crippen LogP contribution in [0.15, 0.2) is 56.2 Å². The molecule has 0 N–H and O–H groups in total. The molecule has 1 atom stereocenters. The number of ether oxygens (including phenoxy) is 1. The van der Waals surface area contributed by atoms with Crippen LogP contribution in [0, 0.1) is 6.92 Å². The number of carbonyl (C=O) groups is 1. The molecular formula is C23H16Cl2N2O5. The van der Waals surface area contributed by atoms with Crippen LogP contribution in [0.3, 0.4) is 0 Å². The van der Waals surface area contributed by atoms with Gasteiger partial charge in [-0.25, -0.2) is 0 Å². The molecule has 0 bridgehead atoms. The molecule has 0 radical (unpaired) electrons. The van der Waals surface area contributed by atoms with Gasteiger partial charge in [-0.2, -0.15) is 0 Å². The third-order valence-corrected chi connectivity index (χ3v) is 5.74. The maximum absolute atomic E-state index is 13.6. The molecule has 162 valence electrons. The molecule has 1 aliphatic rings. The first-order chi connectivity index (χ1) is 15.4. The molecule has 2 aromatic heterocycles. The summed E-state index contributed by atoms with van der Waals surface area (Å²) in [7, 11) is 0. The van der Waals surface area contributed by atoms with E-state index in [1.807, 2.05) is 13.0 Å². The van der Waals surface area contributed by atoms with E-state index in [-0.39, 0.29) is 38.2 Å². The Morgan fingerprint density at radius 2 is 1.97 bits per heavy atom. The Morgan fingerprint density at radius 3 is 2.69 bits per heavy atom. The van der Waals surface area contributed by atoms with Gasteiger partial charge in [0.15, 0.2) is 16.8 Å². The lowest BCUT2D eigenvalue weighted by molar-refractivity contribution is 0.0969. The van der Waals surface area contributed by atoms with Gasteiger partial charge in [-0.05, 0) is 43.7 Å². The van der Waals surface area contributed by atoms with Gasteiger partial charge in [0.2, 0.25) is 5.76 Å². The van der Waals surface area contributed by atoms with Crippen LogP contribution in [0.1, 0.15) is 40.4 Å². The number of halogens is 2. The van der Waals surface area contributed by atoms with Crippen LogP contribution in [-0.4, -0.2) is 17.7 Å². The van der Waals surface area contributed by atoms with E-state index >= 15 is 0 Å². The average Bonchev–Trinajstić information content (AvgIpc) is 3.30. The molecule has 0 spiro atoms. The highest BCUT2D eigenvalue weighted by Crippen LogP contribution is 2.42. The molecule has 32 heavy (non-hydrogen) atoms. The van der Waals surface area contributed by atoms with E-state index in [9.17, 15) is 9.59 Å². The standard InChI is InChI=1S/C23H16Cl2N2O5/c1-3-30-14-6-4-5-12(8-14)19-18-20(28)15-9-13(24)10-16(25)21(15)31-22(18)23(29)27(19)17-7-11(2)32-26-17/h4-10,19H,3H2,1-2H3. The van der Waals surface area contributed by atoms with E-state index in [4.69, 9.17) is 36.9 Å². The largest absolute Gasteiger partial charge is 0.494 e. The van der Waals surface area contributed by atoms with Crippen molar-refractivity contribution in [1.29, 1.82) is 0 Å². The van der Waals surface area contributed by atoms with Crippen LogP contribution in [0.5, 0.6) is 5.75 Å². The molecule has 1 aliphatic heterocycles. The average molecular weight is 471 g/mol. The second-order valence-electron chi connectivity index (χ2n) is 7.32. The number of carbonyl (C=O) groups excluding carboxylic acids is 1. The van der Waals surface area contributed by atoms with Crippen molar-refractivity contribution in [2.75, 3.05) is 11.5 Å². The quantitative estimate of drug-likeness (QED) is 0.388. The number of fused-ring (bicyclic) bond motifs is 2. The van der Waals surface area contributed by atoms with Crippen molar-refractivity contribution in [2.24, 2.45) is 0 Å². The van der Waals surface area contributed by atoms with E-state index in [0.29, 0.717) is 23.7 Å². The third kappa shape index (κ3) is 3.16. The Bertz CT molecular complexity index is 1440. The summed E-state index contributed by atoms with van der Waals surface area (Å²) in [5.41, 5.74) is 0.542. The highest BCUT2D eigenvalue weighted by Gasteiger charge is 2.45. The fourth-order valence-corrected chi connectivity index (χ4v) is 4.49. The number of hydrogen-bond donors (Lipinski definition) is 0. The Morgan fingerprint density at radius 1 is 1.16 bits per heavy atom. The van der Waals surface area contributed by atoms with Gasteiger partial charge >= 0.3 is 0 Å². The van der Waals surface area contributed by atoms with Crippen molar-refractivity contribution < 1.29 is 18.5 Å². The number of benzene rings is 2. The van der Waals surface area contributed by atoms with Gasteiger partial charge in [-0.15, -0.1) is 0 Å². The van der Waals surface area contributed by atoms with Crippen molar-refractivity contribution >= 4 is 45.9 Å². The summed E-state index contributed by atoms with van der Waals surface area (Å²) >= 11 is 12.4. The molecule has 0 saturated heterocycles. The summed E-state index contributed by atoms with van der Waals surface area (Å²) in [4.78, 5) is 28.5. The van der Waals surface area contributed by atoms with Crippen molar-refractivity contribution in [2.45, 2.75) is 19.9 Å². The zero-order valence-electron chi connectivity index (χ0n) is 17.0. The van der Waals surface area contributed by atoms with Crippen LogP contribution in [0.4, 0.5) is 5.82 Å². The molecular weight excluding hydrogens is 455 g/mol. The lowest BCUT2D eigenvalue weighted by atomic mass is 9.98. The number of anilines is 1. The fourth-order valence-electron chi connectivity index (χ4n) is 3.96. The zero-order valence-corrected chi connectivity index (χ0v) is 18.5. The maximum Gasteiger partial charge on any atom is 0.296 e. The van der Waals surface area contributed by atoms with Crippen molar-refractivity contribution in [3.63, 3.8) is 0 Å². The van der Waals surface area contributed by atoms with E-state index in [1.165, 1.54) is 17.0 Å². The number of nitrogens with zero attached hydrogens (tertiary/aromatic N) is 2. The minimum absolute atomic E-state index is 0.0980. The predicted octanol–water partition coefficient (Wildman–Crippen LogP) is 5.54. The van der Waals surface area contributed by atoms with Gasteiger partial charge in [-0.3, -0.25) is 14.5 Å². The normalized spacial score (nSPS) is 15.4. The molecule has 7 nitrogen and oxygen atoms in total. The molecule has 0 aliphatic carbocycles. The Hall–Kier alpha value is -3.29. The molecule has 4 aromatic rings. The van der Waals surface area contributed by atoms with Crippen molar-refractivity contribution in [1.82, 2.24) is 5.16 Å². The molecule has 0 saturated carbocycles. The Balaban J connectivity index is 1.82. The second kappa shape index (κ2) is 7.69. The molecule has 5 rings (SSSR count). The van der Waals surface area contributed by atoms with Gasteiger partial charge in [-0.1, -0.05) is 40.5 Å². The topological polar surface area (TPSA) is 85.8 Å². The zero-order chi connectivity index (χ0) is 22.6. The molecule has 0 fully saturated rings. The van der Waals surface area contributed by atoms with E-state index in [1.54, 1.807) is 31.2 Å². The minimum atomic E-state index is -0.805. The van der Waals surface area contributed by atoms with E-state index in [0.717, 1.165) is 0 Å². The van der Waals surface area contributed by atoms with Gasteiger partial charge < -0.3 is 13.7 Å². The van der Waals surface area contributed by atoms with Gasteiger partial charge in [0.05, 0.1) is 28.6 Å². The summed E-state index contributed by atoms with van der Waals surface area (Å²) in [5.74, 6) is 0.769. The number of aromatic nitrogens is 1. The molecule has 1 unspecified atom stereocenters. The number of hydrogen-bond acceptors (Lipinski definition) is 6. The fraction of sp³-hybridized carbons (Fsp3) is 0.174. The van der Waals surface area contributed by atoms with E-state index in [2.05, 4.69) is 5.16 Å². The molecule has 9 heteroatoms. The lowest BCUT2D eigenvalue weighted by Crippen LogP contribution is -2.29. The molecule has 1 amide bonds. The summed E-state index contributed by atoms with van der Waals surface area (Å²) < 4.78 is 16.7.